The molecule has 5 heteroatoms. The number of carboxylic acids is 1. The van der Waals surface area contributed by atoms with Gasteiger partial charge in [-0.3, -0.25) is 4.90 Å². The lowest BCUT2D eigenvalue weighted by atomic mass is 9.91. The second-order valence-electron chi connectivity index (χ2n) is 5.82. The molecule has 1 N–H and O–H groups in total. The molecular weight excluding hydrogens is 248 g/mol. The first-order valence-corrected chi connectivity index (χ1v) is 7.15. The van der Waals surface area contributed by atoms with Crippen LogP contribution in [0, 0.1) is 0 Å². The molecule has 0 spiro atoms. The Morgan fingerprint density at radius 1 is 1.39 bits per heavy atom. The molecule has 1 aromatic rings. The Hall–Kier alpha value is -0.940. The number of carbonyl (C=O) groups is 1. The molecule has 18 heavy (non-hydrogen) atoms. The number of thiazole rings is 1. The molecule has 100 valence electrons. The van der Waals surface area contributed by atoms with Gasteiger partial charge in [0.1, 0.15) is 9.88 Å². The second-order valence-corrected chi connectivity index (χ2v) is 6.91. The van der Waals surface area contributed by atoms with E-state index in [1.807, 2.05) is 20.8 Å². The van der Waals surface area contributed by atoms with Crippen molar-refractivity contribution in [3.05, 3.63) is 15.6 Å². The Morgan fingerprint density at radius 2 is 2.00 bits per heavy atom. The monoisotopic (exact) mass is 268 g/mol. The van der Waals surface area contributed by atoms with Crippen molar-refractivity contribution in [3.63, 3.8) is 0 Å². The van der Waals surface area contributed by atoms with E-state index in [-0.39, 0.29) is 5.41 Å². The highest BCUT2D eigenvalue weighted by Crippen LogP contribution is 2.30. The third kappa shape index (κ3) is 2.90. The Morgan fingerprint density at radius 3 is 2.44 bits per heavy atom. The van der Waals surface area contributed by atoms with Gasteiger partial charge in [0.25, 0.3) is 0 Å². The van der Waals surface area contributed by atoms with Crippen LogP contribution in [-0.4, -0.2) is 34.0 Å². The smallest absolute Gasteiger partial charge is 0.347 e. The van der Waals surface area contributed by atoms with E-state index >= 15 is 0 Å². The SMILES string of the molecule is CC(C)(C)c1nc(CN2CCCC2)sc1C(=O)O. The first-order chi connectivity index (χ1) is 8.38. The summed E-state index contributed by atoms with van der Waals surface area (Å²) < 4.78 is 0. The molecule has 2 heterocycles. The van der Waals surface area contributed by atoms with Gasteiger partial charge in [-0.2, -0.15) is 0 Å². The van der Waals surface area contributed by atoms with E-state index in [4.69, 9.17) is 0 Å². The van der Waals surface area contributed by atoms with E-state index in [9.17, 15) is 9.90 Å². The summed E-state index contributed by atoms with van der Waals surface area (Å²) in [6.45, 7) is 9.02. The van der Waals surface area contributed by atoms with Gasteiger partial charge in [-0.05, 0) is 25.9 Å². The molecule has 2 rings (SSSR count). The highest BCUT2D eigenvalue weighted by atomic mass is 32.1. The minimum Gasteiger partial charge on any atom is -0.477 e. The summed E-state index contributed by atoms with van der Waals surface area (Å²) in [6.07, 6.45) is 2.48. The van der Waals surface area contributed by atoms with Gasteiger partial charge in [0, 0.05) is 5.41 Å². The minimum absolute atomic E-state index is 0.215. The van der Waals surface area contributed by atoms with E-state index < -0.39 is 5.97 Å². The lowest BCUT2D eigenvalue weighted by Gasteiger charge is -2.16. The summed E-state index contributed by atoms with van der Waals surface area (Å²) in [5, 5.41) is 10.2. The average Bonchev–Trinajstić information content (AvgIpc) is 2.85. The summed E-state index contributed by atoms with van der Waals surface area (Å²) in [4.78, 5) is 18.6. The number of carboxylic acid groups (broad SMARTS) is 1. The van der Waals surface area contributed by atoms with E-state index in [0.29, 0.717) is 10.6 Å². The van der Waals surface area contributed by atoms with Gasteiger partial charge in [-0.1, -0.05) is 20.8 Å². The van der Waals surface area contributed by atoms with Crippen molar-refractivity contribution in [1.82, 2.24) is 9.88 Å². The Bertz CT molecular complexity index is 442. The first-order valence-electron chi connectivity index (χ1n) is 6.34. The molecule has 4 nitrogen and oxygen atoms in total. The molecule has 0 aliphatic carbocycles. The molecule has 0 unspecified atom stereocenters. The summed E-state index contributed by atoms with van der Waals surface area (Å²) >= 11 is 1.33. The highest BCUT2D eigenvalue weighted by Gasteiger charge is 2.27. The van der Waals surface area contributed by atoms with Crippen LogP contribution in [0.2, 0.25) is 0 Å². The van der Waals surface area contributed by atoms with Gasteiger partial charge in [-0.25, -0.2) is 9.78 Å². The van der Waals surface area contributed by atoms with Crippen molar-refractivity contribution >= 4 is 17.3 Å². The third-order valence-electron chi connectivity index (χ3n) is 3.13. The summed E-state index contributed by atoms with van der Waals surface area (Å²) in [7, 11) is 0. The van der Waals surface area contributed by atoms with Crippen LogP contribution in [0.25, 0.3) is 0 Å². The van der Waals surface area contributed by atoms with E-state index in [2.05, 4.69) is 9.88 Å². The number of hydrogen-bond acceptors (Lipinski definition) is 4. The van der Waals surface area contributed by atoms with Gasteiger partial charge in [-0.15, -0.1) is 11.3 Å². The molecule has 1 aliphatic rings. The quantitative estimate of drug-likeness (QED) is 0.916. The fourth-order valence-electron chi connectivity index (χ4n) is 2.22. The molecule has 0 amide bonds. The number of hydrogen-bond donors (Lipinski definition) is 1. The molecule has 1 fully saturated rings. The molecule has 0 bridgehead atoms. The highest BCUT2D eigenvalue weighted by molar-refractivity contribution is 7.13. The predicted octanol–water partition coefficient (Wildman–Crippen LogP) is 2.73. The van der Waals surface area contributed by atoms with Gasteiger partial charge in [0.05, 0.1) is 12.2 Å². The van der Waals surface area contributed by atoms with Gasteiger partial charge < -0.3 is 5.11 Å². The predicted molar refractivity (Wildman–Crippen MR) is 72.3 cm³/mol. The van der Waals surface area contributed by atoms with Gasteiger partial charge in [0.2, 0.25) is 0 Å². The van der Waals surface area contributed by atoms with Gasteiger partial charge >= 0.3 is 5.97 Å². The van der Waals surface area contributed by atoms with Crippen LogP contribution in [0.3, 0.4) is 0 Å². The van der Waals surface area contributed by atoms with Crippen molar-refractivity contribution < 1.29 is 9.90 Å². The zero-order valence-corrected chi connectivity index (χ0v) is 12.0. The fourth-order valence-corrected chi connectivity index (χ4v) is 3.37. The van der Waals surface area contributed by atoms with Crippen LogP contribution in [0.15, 0.2) is 0 Å². The van der Waals surface area contributed by atoms with Crippen LogP contribution < -0.4 is 0 Å². The minimum atomic E-state index is -0.856. The molecular formula is C13H20N2O2S. The van der Waals surface area contributed by atoms with Crippen molar-refractivity contribution in [3.8, 4) is 0 Å². The van der Waals surface area contributed by atoms with Crippen LogP contribution in [0.4, 0.5) is 0 Å². The molecule has 0 radical (unpaired) electrons. The van der Waals surface area contributed by atoms with Crippen molar-refractivity contribution in [2.24, 2.45) is 0 Å². The maximum Gasteiger partial charge on any atom is 0.347 e. The van der Waals surface area contributed by atoms with E-state index in [1.165, 1.54) is 24.2 Å². The normalized spacial score (nSPS) is 17.3. The zero-order chi connectivity index (χ0) is 13.3. The number of likely N-dealkylation sites (tertiary alicyclic amines) is 1. The Balaban J connectivity index is 2.24. The molecule has 0 atom stereocenters. The van der Waals surface area contributed by atoms with Crippen LogP contribution in [0.5, 0.6) is 0 Å². The van der Waals surface area contributed by atoms with Crippen LogP contribution >= 0.6 is 11.3 Å². The summed E-state index contributed by atoms with van der Waals surface area (Å²) in [5.41, 5.74) is 0.502. The third-order valence-corrected chi connectivity index (χ3v) is 4.16. The van der Waals surface area contributed by atoms with Crippen LogP contribution in [-0.2, 0) is 12.0 Å². The average molecular weight is 268 g/mol. The van der Waals surface area contributed by atoms with E-state index in [1.54, 1.807) is 0 Å². The first kappa shape index (κ1) is 13.5. The molecule has 0 aromatic carbocycles. The maximum absolute atomic E-state index is 11.3. The van der Waals surface area contributed by atoms with Gasteiger partial charge in [0.15, 0.2) is 0 Å². The topological polar surface area (TPSA) is 53.4 Å². The Labute approximate surface area is 112 Å². The lowest BCUT2D eigenvalue weighted by Crippen LogP contribution is -2.19. The summed E-state index contributed by atoms with van der Waals surface area (Å²) in [6, 6.07) is 0. The van der Waals surface area contributed by atoms with E-state index in [0.717, 1.165) is 24.6 Å². The lowest BCUT2D eigenvalue weighted by molar-refractivity contribution is 0.0699. The van der Waals surface area contributed by atoms with Crippen LogP contribution in [0.1, 0.15) is 54.0 Å². The Kier molecular flexibility index (Phi) is 3.73. The molecule has 1 aliphatic heterocycles. The zero-order valence-electron chi connectivity index (χ0n) is 11.2. The van der Waals surface area contributed by atoms with Crippen molar-refractivity contribution in [2.45, 2.75) is 45.6 Å². The molecule has 0 saturated carbocycles. The largest absolute Gasteiger partial charge is 0.477 e. The standard InChI is InChI=1S/C13H20N2O2S/c1-13(2,3)11-10(12(16)17)18-9(14-11)8-15-6-4-5-7-15/h4-8H2,1-3H3,(H,16,17). The molecule has 1 aromatic heterocycles. The maximum atomic E-state index is 11.3. The number of rotatable bonds is 3. The second kappa shape index (κ2) is 4.97. The number of nitrogens with zero attached hydrogens (tertiary/aromatic N) is 2. The number of aromatic nitrogens is 1. The summed E-state index contributed by atoms with van der Waals surface area (Å²) in [5.74, 6) is -0.856. The van der Waals surface area contributed by atoms with Crippen molar-refractivity contribution in [2.75, 3.05) is 13.1 Å². The molecule has 1 saturated heterocycles. The fraction of sp³-hybridized carbons (Fsp3) is 0.692. The number of aromatic carboxylic acids is 1. The van der Waals surface area contributed by atoms with Crippen molar-refractivity contribution in [1.29, 1.82) is 0 Å².